The molecule has 0 saturated heterocycles. The van der Waals surface area contributed by atoms with Crippen molar-refractivity contribution in [2.75, 3.05) is 16.0 Å². The van der Waals surface area contributed by atoms with Crippen LogP contribution in [0.2, 0.25) is 0 Å². The standard InChI is InChI=1S/C21H21N5O/c1-14(27)22-17-8-5-9-18(12-17)24-21-25-19(15-6-3-2-4-7-15)13-20(26-21)23-16-10-11-16/h2-9,12-13,16H,10-11H2,1H3,(H,22,27)(H2,23,24,25,26). The first-order valence-electron chi connectivity index (χ1n) is 9.01. The average Bonchev–Trinajstić information content (AvgIpc) is 3.46. The molecule has 0 radical (unpaired) electrons. The third kappa shape index (κ3) is 4.61. The molecule has 0 unspecified atom stereocenters. The fourth-order valence-electron chi connectivity index (χ4n) is 2.78. The molecular formula is C21H21N5O. The predicted octanol–water partition coefficient (Wildman–Crippen LogP) is 4.42. The van der Waals surface area contributed by atoms with Gasteiger partial charge in [-0.15, -0.1) is 0 Å². The molecule has 4 rings (SSSR count). The molecule has 1 aromatic heterocycles. The van der Waals surface area contributed by atoms with Crippen LogP contribution in [0.1, 0.15) is 19.8 Å². The second-order valence-corrected chi connectivity index (χ2v) is 6.63. The Labute approximate surface area is 158 Å². The van der Waals surface area contributed by atoms with Gasteiger partial charge < -0.3 is 16.0 Å². The minimum Gasteiger partial charge on any atom is -0.367 e. The van der Waals surface area contributed by atoms with Gasteiger partial charge in [-0.2, -0.15) is 4.98 Å². The number of hydrogen-bond acceptors (Lipinski definition) is 5. The summed E-state index contributed by atoms with van der Waals surface area (Å²) in [5, 5.41) is 9.47. The van der Waals surface area contributed by atoms with Crippen LogP contribution in [-0.2, 0) is 4.79 Å². The summed E-state index contributed by atoms with van der Waals surface area (Å²) < 4.78 is 0. The van der Waals surface area contributed by atoms with E-state index in [0.29, 0.717) is 12.0 Å². The monoisotopic (exact) mass is 359 g/mol. The van der Waals surface area contributed by atoms with Crippen LogP contribution >= 0.6 is 0 Å². The van der Waals surface area contributed by atoms with Crippen molar-refractivity contribution in [2.45, 2.75) is 25.8 Å². The minimum absolute atomic E-state index is 0.106. The lowest BCUT2D eigenvalue weighted by molar-refractivity contribution is -0.114. The summed E-state index contributed by atoms with van der Waals surface area (Å²) in [5.41, 5.74) is 3.43. The molecule has 1 heterocycles. The Bertz CT molecular complexity index is 954. The Balaban J connectivity index is 1.64. The molecule has 27 heavy (non-hydrogen) atoms. The quantitative estimate of drug-likeness (QED) is 0.607. The Hall–Kier alpha value is -3.41. The lowest BCUT2D eigenvalue weighted by Gasteiger charge is -2.12. The number of rotatable bonds is 6. The van der Waals surface area contributed by atoms with Crippen molar-refractivity contribution in [1.82, 2.24) is 9.97 Å². The maximum atomic E-state index is 11.3. The second-order valence-electron chi connectivity index (χ2n) is 6.63. The zero-order chi connectivity index (χ0) is 18.6. The number of nitrogens with one attached hydrogen (secondary N) is 3. The Morgan fingerprint density at radius 2 is 1.74 bits per heavy atom. The van der Waals surface area contributed by atoms with Gasteiger partial charge in [-0.05, 0) is 31.0 Å². The Kier molecular flexibility index (Phi) is 4.70. The first-order chi connectivity index (χ1) is 13.2. The number of nitrogens with zero attached hydrogens (tertiary/aromatic N) is 2. The molecule has 6 heteroatoms. The van der Waals surface area contributed by atoms with Crippen molar-refractivity contribution >= 4 is 29.0 Å². The van der Waals surface area contributed by atoms with Crippen LogP contribution in [0.15, 0.2) is 60.7 Å². The Morgan fingerprint density at radius 1 is 0.963 bits per heavy atom. The maximum Gasteiger partial charge on any atom is 0.229 e. The van der Waals surface area contributed by atoms with Gasteiger partial charge in [-0.25, -0.2) is 4.98 Å². The fourth-order valence-corrected chi connectivity index (χ4v) is 2.78. The van der Waals surface area contributed by atoms with E-state index in [1.165, 1.54) is 19.8 Å². The van der Waals surface area contributed by atoms with E-state index < -0.39 is 0 Å². The van der Waals surface area contributed by atoms with E-state index in [4.69, 9.17) is 0 Å². The summed E-state index contributed by atoms with van der Waals surface area (Å²) in [4.78, 5) is 20.5. The molecule has 1 saturated carbocycles. The van der Waals surface area contributed by atoms with E-state index in [1.807, 2.05) is 60.7 Å². The molecular weight excluding hydrogens is 338 g/mol. The molecule has 0 spiro atoms. The van der Waals surface area contributed by atoms with E-state index >= 15 is 0 Å². The smallest absolute Gasteiger partial charge is 0.229 e. The SMILES string of the molecule is CC(=O)Nc1cccc(Nc2nc(NC3CC3)cc(-c3ccccc3)n2)c1. The number of aromatic nitrogens is 2. The van der Waals surface area contributed by atoms with E-state index in [-0.39, 0.29) is 5.91 Å². The molecule has 3 N–H and O–H groups in total. The Morgan fingerprint density at radius 3 is 2.48 bits per heavy atom. The lowest BCUT2D eigenvalue weighted by Crippen LogP contribution is -2.08. The summed E-state index contributed by atoms with van der Waals surface area (Å²) in [6.07, 6.45) is 2.35. The normalized spacial score (nSPS) is 13.1. The zero-order valence-corrected chi connectivity index (χ0v) is 15.1. The van der Waals surface area contributed by atoms with Gasteiger partial charge in [0.1, 0.15) is 5.82 Å². The van der Waals surface area contributed by atoms with Crippen molar-refractivity contribution < 1.29 is 4.79 Å². The first-order valence-corrected chi connectivity index (χ1v) is 9.01. The number of anilines is 4. The van der Waals surface area contributed by atoms with Crippen molar-refractivity contribution in [3.05, 3.63) is 60.7 Å². The van der Waals surface area contributed by atoms with Gasteiger partial charge in [0.2, 0.25) is 11.9 Å². The van der Waals surface area contributed by atoms with Crippen LogP contribution in [0.4, 0.5) is 23.1 Å². The van der Waals surface area contributed by atoms with Crippen LogP contribution in [-0.4, -0.2) is 21.9 Å². The topological polar surface area (TPSA) is 78.9 Å². The van der Waals surface area contributed by atoms with Crippen LogP contribution < -0.4 is 16.0 Å². The van der Waals surface area contributed by atoms with Crippen molar-refractivity contribution in [2.24, 2.45) is 0 Å². The highest BCUT2D eigenvalue weighted by molar-refractivity contribution is 5.89. The van der Waals surface area contributed by atoms with Crippen LogP contribution in [0.25, 0.3) is 11.3 Å². The van der Waals surface area contributed by atoms with Crippen molar-refractivity contribution in [1.29, 1.82) is 0 Å². The molecule has 1 amide bonds. The highest BCUT2D eigenvalue weighted by Crippen LogP contribution is 2.28. The fraction of sp³-hybridized carbons (Fsp3) is 0.190. The highest BCUT2D eigenvalue weighted by Gasteiger charge is 2.22. The summed E-state index contributed by atoms with van der Waals surface area (Å²) in [7, 11) is 0. The molecule has 3 aromatic rings. The summed E-state index contributed by atoms with van der Waals surface area (Å²) in [6.45, 7) is 1.49. The lowest BCUT2D eigenvalue weighted by atomic mass is 10.1. The summed E-state index contributed by atoms with van der Waals surface area (Å²) in [5.74, 6) is 1.22. The third-order valence-corrected chi connectivity index (χ3v) is 4.16. The number of carbonyl (C=O) groups excluding carboxylic acids is 1. The molecule has 2 aromatic carbocycles. The van der Waals surface area contributed by atoms with Gasteiger partial charge in [0.05, 0.1) is 5.69 Å². The van der Waals surface area contributed by atoms with Crippen molar-refractivity contribution in [3.63, 3.8) is 0 Å². The molecule has 0 aliphatic heterocycles. The molecule has 0 bridgehead atoms. The van der Waals surface area contributed by atoms with Gasteiger partial charge in [0.25, 0.3) is 0 Å². The maximum absolute atomic E-state index is 11.3. The van der Waals surface area contributed by atoms with E-state index in [1.54, 1.807) is 0 Å². The van der Waals surface area contributed by atoms with Crippen LogP contribution in [0.3, 0.4) is 0 Å². The van der Waals surface area contributed by atoms with Crippen LogP contribution in [0, 0.1) is 0 Å². The van der Waals surface area contributed by atoms with Gasteiger partial charge in [-0.1, -0.05) is 36.4 Å². The number of hydrogen-bond donors (Lipinski definition) is 3. The van der Waals surface area contributed by atoms with Gasteiger partial charge in [0, 0.05) is 36.0 Å². The predicted molar refractivity (Wildman–Crippen MR) is 108 cm³/mol. The molecule has 6 nitrogen and oxygen atoms in total. The summed E-state index contributed by atoms with van der Waals surface area (Å²) >= 11 is 0. The molecule has 136 valence electrons. The first kappa shape index (κ1) is 17.0. The summed E-state index contributed by atoms with van der Waals surface area (Å²) in [6, 6.07) is 20.0. The molecule has 1 aliphatic carbocycles. The zero-order valence-electron chi connectivity index (χ0n) is 15.1. The number of benzene rings is 2. The van der Waals surface area contributed by atoms with E-state index in [0.717, 1.165) is 28.5 Å². The average molecular weight is 359 g/mol. The minimum atomic E-state index is -0.106. The number of carbonyl (C=O) groups is 1. The van der Waals surface area contributed by atoms with Gasteiger partial charge in [0.15, 0.2) is 0 Å². The van der Waals surface area contributed by atoms with Gasteiger partial charge >= 0.3 is 0 Å². The molecule has 1 fully saturated rings. The van der Waals surface area contributed by atoms with E-state index in [2.05, 4.69) is 25.9 Å². The van der Waals surface area contributed by atoms with E-state index in [9.17, 15) is 4.79 Å². The van der Waals surface area contributed by atoms with Crippen molar-refractivity contribution in [3.8, 4) is 11.3 Å². The third-order valence-electron chi connectivity index (χ3n) is 4.16. The molecule has 0 atom stereocenters. The largest absolute Gasteiger partial charge is 0.367 e. The van der Waals surface area contributed by atoms with Gasteiger partial charge in [-0.3, -0.25) is 4.79 Å². The highest BCUT2D eigenvalue weighted by atomic mass is 16.1. The molecule has 1 aliphatic rings. The number of amides is 1. The van der Waals surface area contributed by atoms with Crippen LogP contribution in [0.5, 0.6) is 0 Å². The second kappa shape index (κ2) is 7.45.